The van der Waals surface area contributed by atoms with Crippen LogP contribution in [0, 0.1) is 11.8 Å². The van der Waals surface area contributed by atoms with Gasteiger partial charge in [-0.1, -0.05) is 13.8 Å². The molecule has 1 unspecified atom stereocenters. The Balaban J connectivity index is 4.38. The van der Waals surface area contributed by atoms with Gasteiger partial charge in [0, 0.05) is 6.54 Å². The van der Waals surface area contributed by atoms with Crippen LogP contribution in [0.15, 0.2) is 0 Å². The van der Waals surface area contributed by atoms with Crippen molar-refractivity contribution in [2.45, 2.75) is 19.9 Å². The van der Waals surface area contributed by atoms with Crippen molar-refractivity contribution in [3.63, 3.8) is 0 Å². The number of aliphatic hydroxyl groups is 1. The van der Waals surface area contributed by atoms with Gasteiger partial charge in [0.2, 0.25) is 5.91 Å². The molecule has 5 N–H and O–H groups in total. The fraction of sp³-hybridized carbons (Fsp3) is 0.778. The Hall–Kier alpha value is -1.14. The van der Waals surface area contributed by atoms with Gasteiger partial charge in [-0.2, -0.15) is 0 Å². The van der Waals surface area contributed by atoms with E-state index in [0.717, 1.165) is 0 Å². The lowest BCUT2D eigenvalue weighted by Gasteiger charge is -2.20. The Morgan fingerprint density at radius 2 is 1.93 bits per heavy atom. The summed E-state index contributed by atoms with van der Waals surface area (Å²) in [6.07, 6.45) is 0. The van der Waals surface area contributed by atoms with Crippen LogP contribution in [0.4, 0.5) is 0 Å². The van der Waals surface area contributed by atoms with Crippen LogP contribution in [0.25, 0.3) is 0 Å². The maximum Gasteiger partial charge on any atom is 0.328 e. The van der Waals surface area contributed by atoms with E-state index >= 15 is 0 Å². The van der Waals surface area contributed by atoms with E-state index in [0.29, 0.717) is 0 Å². The zero-order chi connectivity index (χ0) is 12.0. The van der Waals surface area contributed by atoms with Crippen molar-refractivity contribution in [1.29, 1.82) is 0 Å². The molecule has 2 atom stereocenters. The fourth-order valence-electron chi connectivity index (χ4n) is 1.15. The van der Waals surface area contributed by atoms with Crippen LogP contribution in [-0.2, 0) is 9.59 Å². The molecule has 0 saturated heterocycles. The minimum atomic E-state index is -1.26. The number of amides is 1. The summed E-state index contributed by atoms with van der Waals surface area (Å²) in [5.74, 6) is -2.10. The number of rotatable bonds is 6. The second-order valence-electron chi connectivity index (χ2n) is 3.67. The van der Waals surface area contributed by atoms with Gasteiger partial charge in [-0.15, -0.1) is 0 Å². The van der Waals surface area contributed by atoms with E-state index in [4.69, 9.17) is 15.9 Å². The van der Waals surface area contributed by atoms with Crippen molar-refractivity contribution >= 4 is 11.9 Å². The predicted molar refractivity (Wildman–Crippen MR) is 54.0 cm³/mol. The molecule has 0 aliphatic heterocycles. The molecule has 88 valence electrons. The standard InChI is InChI=1S/C9H18N2O4/c1-5(2)6(3-10)8(13)11-7(4-12)9(14)15/h5-7,12H,3-4,10H2,1-2H3,(H,11,13)(H,14,15)/t6?,7-/m0/s1. The van der Waals surface area contributed by atoms with Crippen LogP contribution < -0.4 is 11.1 Å². The number of carbonyl (C=O) groups is 2. The van der Waals surface area contributed by atoms with E-state index < -0.39 is 30.4 Å². The van der Waals surface area contributed by atoms with Crippen molar-refractivity contribution in [3.05, 3.63) is 0 Å². The summed E-state index contributed by atoms with van der Waals surface area (Å²) in [7, 11) is 0. The smallest absolute Gasteiger partial charge is 0.328 e. The van der Waals surface area contributed by atoms with Gasteiger partial charge in [-0.25, -0.2) is 4.79 Å². The zero-order valence-electron chi connectivity index (χ0n) is 8.93. The number of aliphatic hydroxyl groups excluding tert-OH is 1. The second-order valence-corrected chi connectivity index (χ2v) is 3.67. The third kappa shape index (κ3) is 4.26. The summed E-state index contributed by atoms with van der Waals surface area (Å²) in [5.41, 5.74) is 5.40. The molecule has 0 bridgehead atoms. The van der Waals surface area contributed by atoms with Crippen LogP contribution in [0.1, 0.15) is 13.8 Å². The largest absolute Gasteiger partial charge is 0.480 e. The molecule has 15 heavy (non-hydrogen) atoms. The van der Waals surface area contributed by atoms with Gasteiger partial charge in [0.15, 0.2) is 0 Å². The van der Waals surface area contributed by atoms with E-state index in [1.807, 2.05) is 13.8 Å². The van der Waals surface area contributed by atoms with Crippen LogP contribution >= 0.6 is 0 Å². The molecule has 0 aromatic rings. The topological polar surface area (TPSA) is 113 Å². The lowest BCUT2D eigenvalue weighted by molar-refractivity contribution is -0.143. The zero-order valence-corrected chi connectivity index (χ0v) is 8.93. The van der Waals surface area contributed by atoms with E-state index in [9.17, 15) is 9.59 Å². The summed E-state index contributed by atoms with van der Waals surface area (Å²) in [4.78, 5) is 22.1. The Bertz CT molecular complexity index is 230. The van der Waals surface area contributed by atoms with Gasteiger partial charge in [-0.05, 0) is 5.92 Å². The lowest BCUT2D eigenvalue weighted by atomic mass is 9.95. The van der Waals surface area contributed by atoms with Crippen molar-refractivity contribution in [1.82, 2.24) is 5.32 Å². The van der Waals surface area contributed by atoms with Gasteiger partial charge < -0.3 is 21.3 Å². The molecule has 0 aliphatic rings. The van der Waals surface area contributed by atoms with Gasteiger partial charge >= 0.3 is 5.97 Å². The number of nitrogens with one attached hydrogen (secondary N) is 1. The minimum Gasteiger partial charge on any atom is -0.480 e. The molecule has 0 aliphatic carbocycles. The number of carboxylic acid groups (broad SMARTS) is 1. The summed E-state index contributed by atoms with van der Waals surface area (Å²) >= 11 is 0. The third-order valence-electron chi connectivity index (χ3n) is 2.19. The maximum atomic E-state index is 11.5. The van der Waals surface area contributed by atoms with Gasteiger partial charge in [0.05, 0.1) is 12.5 Å². The summed E-state index contributed by atoms with van der Waals surface area (Å²) in [5, 5.41) is 19.6. The quantitative estimate of drug-likeness (QED) is 0.446. The Morgan fingerprint density at radius 3 is 2.20 bits per heavy atom. The first kappa shape index (κ1) is 13.9. The molecule has 0 spiro atoms. The van der Waals surface area contributed by atoms with Crippen LogP contribution in [-0.4, -0.2) is 41.3 Å². The number of nitrogens with two attached hydrogens (primary N) is 1. The van der Waals surface area contributed by atoms with Crippen molar-refractivity contribution in [3.8, 4) is 0 Å². The van der Waals surface area contributed by atoms with Crippen LogP contribution in [0.3, 0.4) is 0 Å². The van der Waals surface area contributed by atoms with Crippen molar-refractivity contribution in [2.75, 3.05) is 13.2 Å². The first-order valence-electron chi connectivity index (χ1n) is 4.78. The van der Waals surface area contributed by atoms with E-state index in [1.165, 1.54) is 0 Å². The first-order valence-corrected chi connectivity index (χ1v) is 4.78. The van der Waals surface area contributed by atoms with Gasteiger partial charge in [0.25, 0.3) is 0 Å². The molecule has 1 amide bonds. The molecule has 0 aromatic heterocycles. The van der Waals surface area contributed by atoms with Gasteiger partial charge in [-0.3, -0.25) is 4.79 Å². The molecular weight excluding hydrogens is 200 g/mol. The van der Waals surface area contributed by atoms with E-state index in [1.54, 1.807) is 0 Å². The fourth-order valence-corrected chi connectivity index (χ4v) is 1.15. The highest BCUT2D eigenvalue weighted by Gasteiger charge is 2.25. The number of carbonyl (C=O) groups excluding carboxylic acids is 1. The second kappa shape index (κ2) is 6.36. The van der Waals surface area contributed by atoms with E-state index in [2.05, 4.69) is 5.32 Å². The average molecular weight is 218 g/mol. The normalized spacial score (nSPS) is 14.7. The summed E-state index contributed by atoms with van der Waals surface area (Å²) in [6, 6.07) is -1.26. The summed E-state index contributed by atoms with van der Waals surface area (Å²) < 4.78 is 0. The highest BCUT2D eigenvalue weighted by molar-refractivity contribution is 5.85. The molecule has 0 aromatic carbocycles. The first-order chi connectivity index (χ1) is 6.93. The maximum absolute atomic E-state index is 11.5. The average Bonchev–Trinajstić information content (AvgIpc) is 2.14. The molecule has 6 nitrogen and oxygen atoms in total. The third-order valence-corrected chi connectivity index (χ3v) is 2.19. The highest BCUT2D eigenvalue weighted by atomic mass is 16.4. The van der Waals surface area contributed by atoms with Crippen LogP contribution in [0.5, 0.6) is 0 Å². The lowest BCUT2D eigenvalue weighted by Crippen LogP contribution is -2.48. The Labute approximate surface area is 88.5 Å². The van der Waals surface area contributed by atoms with Crippen LogP contribution in [0.2, 0.25) is 0 Å². The molecule has 6 heteroatoms. The molecule has 0 radical (unpaired) electrons. The minimum absolute atomic E-state index is 0.0307. The Morgan fingerprint density at radius 1 is 1.40 bits per heavy atom. The number of aliphatic carboxylic acids is 1. The molecule has 0 heterocycles. The number of hydrogen-bond acceptors (Lipinski definition) is 4. The van der Waals surface area contributed by atoms with Crippen molar-refractivity contribution in [2.24, 2.45) is 17.6 Å². The SMILES string of the molecule is CC(C)C(CN)C(=O)N[C@@H](CO)C(=O)O. The number of carboxylic acids is 1. The monoisotopic (exact) mass is 218 g/mol. The highest BCUT2D eigenvalue weighted by Crippen LogP contribution is 2.09. The predicted octanol–water partition coefficient (Wildman–Crippen LogP) is -1.22. The van der Waals surface area contributed by atoms with E-state index in [-0.39, 0.29) is 12.5 Å². The van der Waals surface area contributed by atoms with Gasteiger partial charge in [0.1, 0.15) is 6.04 Å². The molecule has 0 saturated carbocycles. The molecular formula is C9H18N2O4. The molecule has 0 rings (SSSR count). The Kier molecular flexibility index (Phi) is 5.88. The molecule has 0 fully saturated rings. The number of hydrogen-bond donors (Lipinski definition) is 4. The van der Waals surface area contributed by atoms with Crippen molar-refractivity contribution < 1.29 is 19.8 Å². The summed E-state index contributed by atoms with van der Waals surface area (Å²) in [6.45, 7) is 3.18.